The van der Waals surface area contributed by atoms with Crippen LogP contribution in [0.3, 0.4) is 0 Å². The Labute approximate surface area is 156 Å². The molecule has 26 heavy (non-hydrogen) atoms. The van der Waals surface area contributed by atoms with Gasteiger partial charge in [0.15, 0.2) is 0 Å². The van der Waals surface area contributed by atoms with E-state index in [1.165, 1.54) is 54.3 Å². The second-order valence-electron chi connectivity index (χ2n) is 8.84. The van der Waals surface area contributed by atoms with Gasteiger partial charge in [0, 0.05) is 0 Å². The topological polar surface area (TPSA) is 0 Å². The molecule has 0 heteroatoms. The van der Waals surface area contributed by atoms with Crippen LogP contribution in [0.4, 0.5) is 0 Å². The van der Waals surface area contributed by atoms with Gasteiger partial charge in [-0.3, -0.25) is 0 Å². The van der Waals surface area contributed by atoms with Gasteiger partial charge < -0.3 is 0 Å². The van der Waals surface area contributed by atoms with E-state index in [1.54, 1.807) is 0 Å². The predicted molar refractivity (Wildman–Crippen MR) is 113 cm³/mol. The largest absolute Gasteiger partial charge is 0.0801 e. The molecule has 0 bridgehead atoms. The molecule has 132 valence electrons. The summed E-state index contributed by atoms with van der Waals surface area (Å²) < 4.78 is 0. The Balaban J connectivity index is 2.36. The molecule has 0 saturated carbocycles. The van der Waals surface area contributed by atoms with Crippen LogP contribution in [0.25, 0.3) is 17.2 Å². The number of rotatable bonds is 1. The summed E-state index contributed by atoms with van der Waals surface area (Å²) in [5, 5.41) is 5.64. The molecule has 4 rings (SSSR count). The minimum atomic E-state index is 0.102. The molecule has 2 aromatic carbocycles. The van der Waals surface area contributed by atoms with E-state index in [2.05, 4.69) is 90.1 Å². The minimum absolute atomic E-state index is 0.102. The Morgan fingerprint density at radius 1 is 1.04 bits per heavy atom. The van der Waals surface area contributed by atoms with Crippen molar-refractivity contribution in [3.63, 3.8) is 0 Å². The normalized spacial score (nSPS) is 14.8. The van der Waals surface area contributed by atoms with Crippen molar-refractivity contribution in [3.8, 4) is 0 Å². The van der Waals surface area contributed by atoms with Gasteiger partial charge in [0.25, 0.3) is 0 Å². The molecule has 0 unspecified atom stereocenters. The van der Waals surface area contributed by atoms with Crippen molar-refractivity contribution in [1.29, 1.82) is 0 Å². The summed E-state index contributed by atoms with van der Waals surface area (Å²) in [6, 6.07) is 8.86. The van der Waals surface area contributed by atoms with Crippen LogP contribution >= 0.6 is 0 Å². The summed E-state index contributed by atoms with van der Waals surface area (Å²) in [7, 11) is 0. The highest BCUT2D eigenvalue weighted by Gasteiger charge is 2.26. The molecule has 0 N–H and O–H groups in total. The van der Waals surface area contributed by atoms with Crippen LogP contribution < -0.4 is 10.4 Å². The first-order chi connectivity index (χ1) is 12.3. The first-order valence-electron chi connectivity index (χ1n) is 9.62. The Bertz CT molecular complexity index is 1190. The number of hydrogen-bond acceptors (Lipinski definition) is 0. The Morgan fingerprint density at radius 2 is 1.77 bits per heavy atom. The van der Waals surface area contributed by atoms with E-state index in [9.17, 15) is 0 Å². The third-order valence-electron chi connectivity index (χ3n) is 5.66. The Kier molecular flexibility index (Phi) is 3.84. The van der Waals surface area contributed by atoms with Gasteiger partial charge in [-0.1, -0.05) is 68.8 Å². The number of hydrogen-bond donors (Lipinski definition) is 0. The fraction of sp³-hybridized carbons (Fsp3) is 0.308. The van der Waals surface area contributed by atoms with E-state index in [-0.39, 0.29) is 5.41 Å². The van der Waals surface area contributed by atoms with Gasteiger partial charge in [-0.2, -0.15) is 0 Å². The van der Waals surface area contributed by atoms with Gasteiger partial charge in [-0.25, -0.2) is 0 Å². The fourth-order valence-corrected chi connectivity index (χ4v) is 4.81. The monoisotopic (exact) mass is 340 g/mol. The van der Waals surface area contributed by atoms with Crippen LogP contribution in [0.2, 0.25) is 0 Å². The van der Waals surface area contributed by atoms with E-state index >= 15 is 0 Å². The molecule has 0 amide bonds. The zero-order chi connectivity index (χ0) is 18.6. The van der Waals surface area contributed by atoms with Crippen molar-refractivity contribution in [2.45, 2.75) is 53.4 Å². The molecule has 0 aliphatic heterocycles. The quantitative estimate of drug-likeness (QED) is 0.567. The highest BCUT2D eigenvalue weighted by Crippen LogP contribution is 2.35. The summed E-state index contributed by atoms with van der Waals surface area (Å²) in [4.78, 5) is 0. The SMILES string of the molecule is CC(C)=c1c(C(C)(C)C)c(C)c(C2=CC=CC2)c2c1=c1ccccc1=C2. The van der Waals surface area contributed by atoms with Gasteiger partial charge in [0.1, 0.15) is 0 Å². The second kappa shape index (κ2) is 5.84. The standard InChI is InChI=1S/C26H28/c1-16(2)22-24-20-14-10-9-13-19(20)15-21(24)23(18-11-7-8-12-18)17(3)25(22)26(4,5)6/h7-11,13-15H,12H2,1-6H3. The molecule has 0 radical (unpaired) electrons. The molecular weight excluding hydrogens is 312 g/mol. The summed E-state index contributed by atoms with van der Waals surface area (Å²) >= 11 is 0. The van der Waals surface area contributed by atoms with Gasteiger partial charge in [0.05, 0.1) is 0 Å². The Morgan fingerprint density at radius 3 is 2.38 bits per heavy atom. The molecule has 0 spiro atoms. The third-order valence-corrected chi connectivity index (χ3v) is 5.66. The first kappa shape index (κ1) is 17.1. The van der Waals surface area contributed by atoms with Crippen molar-refractivity contribution in [2.75, 3.05) is 0 Å². The maximum atomic E-state index is 2.41. The van der Waals surface area contributed by atoms with E-state index in [0.29, 0.717) is 0 Å². The van der Waals surface area contributed by atoms with Crippen molar-refractivity contribution in [3.05, 3.63) is 85.6 Å². The summed E-state index contributed by atoms with van der Waals surface area (Å²) in [5.41, 5.74) is 8.79. The summed E-state index contributed by atoms with van der Waals surface area (Å²) in [5.74, 6) is 0. The average molecular weight is 341 g/mol. The van der Waals surface area contributed by atoms with Crippen molar-refractivity contribution in [1.82, 2.24) is 0 Å². The minimum Gasteiger partial charge on any atom is -0.0801 e. The number of allylic oxidation sites excluding steroid dienone is 4. The zero-order valence-electron chi connectivity index (χ0n) is 16.8. The smallest absolute Gasteiger partial charge is 0.00240 e. The van der Waals surface area contributed by atoms with E-state index in [4.69, 9.17) is 0 Å². The van der Waals surface area contributed by atoms with Crippen LogP contribution in [0.15, 0.2) is 42.5 Å². The molecule has 2 aliphatic carbocycles. The lowest BCUT2D eigenvalue weighted by molar-refractivity contribution is 0.580. The molecule has 0 heterocycles. The number of fused-ring (bicyclic) bond motifs is 2. The molecule has 0 atom stereocenters. The molecular formula is C26H28. The van der Waals surface area contributed by atoms with Crippen LogP contribution in [-0.4, -0.2) is 0 Å². The van der Waals surface area contributed by atoms with E-state index in [0.717, 1.165) is 6.42 Å². The highest BCUT2D eigenvalue weighted by molar-refractivity contribution is 5.82. The first-order valence-corrected chi connectivity index (χ1v) is 9.62. The summed E-state index contributed by atoms with van der Waals surface area (Å²) in [6.45, 7) is 13.9. The molecule has 0 aromatic heterocycles. The lowest BCUT2D eigenvalue weighted by atomic mass is 9.77. The maximum Gasteiger partial charge on any atom is -0.00240 e. The zero-order valence-corrected chi connectivity index (χ0v) is 16.8. The fourth-order valence-electron chi connectivity index (χ4n) is 4.81. The van der Waals surface area contributed by atoms with Crippen molar-refractivity contribution >= 4 is 17.2 Å². The van der Waals surface area contributed by atoms with Gasteiger partial charge in [-0.15, -0.1) is 0 Å². The van der Waals surface area contributed by atoms with Crippen molar-refractivity contribution < 1.29 is 0 Å². The van der Waals surface area contributed by atoms with E-state index < -0.39 is 0 Å². The predicted octanol–water partition coefficient (Wildman–Crippen LogP) is 5.26. The molecule has 0 saturated heterocycles. The van der Waals surface area contributed by atoms with Gasteiger partial charge in [0.2, 0.25) is 0 Å². The van der Waals surface area contributed by atoms with Crippen LogP contribution in [0.1, 0.15) is 63.3 Å². The molecule has 2 aliphatic rings. The average Bonchev–Trinajstić information content (AvgIpc) is 3.19. The summed E-state index contributed by atoms with van der Waals surface area (Å²) in [6.07, 6.45) is 10.2. The van der Waals surface area contributed by atoms with Gasteiger partial charge in [-0.05, 0) is 87.4 Å². The Hall–Kier alpha value is -2.34. The lowest BCUT2D eigenvalue weighted by Crippen LogP contribution is -2.28. The highest BCUT2D eigenvalue weighted by atomic mass is 14.3. The van der Waals surface area contributed by atoms with Crippen LogP contribution in [-0.2, 0) is 5.41 Å². The lowest BCUT2D eigenvalue weighted by Gasteiger charge is -2.27. The molecule has 0 fully saturated rings. The van der Waals surface area contributed by atoms with E-state index in [1.807, 2.05) is 0 Å². The molecule has 2 aromatic rings. The maximum absolute atomic E-state index is 2.41. The number of benzene rings is 2. The van der Waals surface area contributed by atoms with Crippen molar-refractivity contribution in [2.24, 2.45) is 0 Å². The third kappa shape index (κ3) is 2.43. The van der Waals surface area contributed by atoms with Crippen LogP contribution in [0, 0.1) is 17.4 Å². The second-order valence-corrected chi connectivity index (χ2v) is 8.84. The van der Waals surface area contributed by atoms with Crippen LogP contribution in [0.5, 0.6) is 0 Å². The molecule has 0 nitrogen and oxygen atoms in total. The van der Waals surface area contributed by atoms with Gasteiger partial charge >= 0.3 is 0 Å².